The molecule has 0 saturated carbocycles. The SMILES string of the molecule is O=C(O)COCO. The Balaban J connectivity index is 2.82. The number of aliphatic hydroxyl groups is 1. The molecule has 0 atom stereocenters. The Morgan fingerprint density at radius 3 is 2.43 bits per heavy atom. The third-order valence-corrected chi connectivity index (χ3v) is 0.317. The van der Waals surface area contributed by atoms with E-state index in [0.717, 1.165) is 0 Å². The number of carboxylic acids is 1. The highest BCUT2D eigenvalue weighted by Gasteiger charge is 1.91. The van der Waals surface area contributed by atoms with Gasteiger partial charge in [0.2, 0.25) is 0 Å². The topological polar surface area (TPSA) is 66.8 Å². The number of aliphatic carboxylic acids is 1. The van der Waals surface area contributed by atoms with Crippen molar-refractivity contribution in [1.82, 2.24) is 0 Å². The minimum atomic E-state index is -1.07. The van der Waals surface area contributed by atoms with Crippen molar-refractivity contribution in [2.75, 3.05) is 13.4 Å². The Kier molecular flexibility index (Phi) is 3.26. The third kappa shape index (κ3) is 5.39. The van der Waals surface area contributed by atoms with E-state index in [1.54, 1.807) is 0 Å². The number of hydrogen-bond donors (Lipinski definition) is 2. The first kappa shape index (κ1) is 6.39. The number of carboxylic acid groups (broad SMARTS) is 1. The Hall–Kier alpha value is -0.610. The average Bonchev–Trinajstić information content (AvgIpc) is 1.61. The zero-order valence-corrected chi connectivity index (χ0v) is 3.63. The Labute approximate surface area is 40.3 Å². The van der Waals surface area contributed by atoms with Crippen LogP contribution in [0.25, 0.3) is 0 Å². The van der Waals surface area contributed by atoms with Gasteiger partial charge in [-0.15, -0.1) is 0 Å². The molecule has 0 heterocycles. The van der Waals surface area contributed by atoms with Crippen LogP contribution in [-0.2, 0) is 9.53 Å². The summed E-state index contributed by atoms with van der Waals surface area (Å²) in [4.78, 5) is 9.52. The molecule has 0 aromatic carbocycles. The maximum absolute atomic E-state index is 9.52. The van der Waals surface area contributed by atoms with Gasteiger partial charge in [0.1, 0.15) is 13.4 Å². The summed E-state index contributed by atoms with van der Waals surface area (Å²) in [5.74, 6) is -1.07. The maximum atomic E-state index is 9.52. The molecular formula is C3H6O4. The molecule has 0 fully saturated rings. The summed E-state index contributed by atoms with van der Waals surface area (Å²) in [5, 5.41) is 15.6. The fourth-order valence-electron chi connectivity index (χ4n) is 0.133. The van der Waals surface area contributed by atoms with Crippen LogP contribution in [0.3, 0.4) is 0 Å². The van der Waals surface area contributed by atoms with Crippen molar-refractivity contribution in [1.29, 1.82) is 0 Å². The molecule has 4 nitrogen and oxygen atoms in total. The molecule has 7 heavy (non-hydrogen) atoms. The van der Waals surface area contributed by atoms with E-state index in [-0.39, 0.29) is 0 Å². The summed E-state index contributed by atoms with van der Waals surface area (Å²) < 4.78 is 4.05. The van der Waals surface area contributed by atoms with E-state index in [1.807, 2.05) is 0 Å². The van der Waals surface area contributed by atoms with E-state index in [1.165, 1.54) is 0 Å². The Morgan fingerprint density at radius 1 is 1.71 bits per heavy atom. The summed E-state index contributed by atoms with van der Waals surface area (Å²) in [5.41, 5.74) is 0. The van der Waals surface area contributed by atoms with Crippen LogP contribution in [0.5, 0.6) is 0 Å². The van der Waals surface area contributed by atoms with Crippen LogP contribution in [-0.4, -0.2) is 29.6 Å². The van der Waals surface area contributed by atoms with Gasteiger partial charge in [-0.05, 0) is 0 Å². The van der Waals surface area contributed by atoms with E-state index >= 15 is 0 Å². The fourth-order valence-corrected chi connectivity index (χ4v) is 0.133. The van der Waals surface area contributed by atoms with Crippen LogP contribution in [0.15, 0.2) is 0 Å². The third-order valence-electron chi connectivity index (χ3n) is 0.317. The van der Waals surface area contributed by atoms with Crippen LogP contribution in [0.4, 0.5) is 0 Å². The second kappa shape index (κ2) is 3.58. The standard InChI is InChI=1S/C3H6O4/c4-2-7-1-3(5)6/h4H,1-2H2,(H,5,6). The predicted molar refractivity (Wildman–Crippen MR) is 20.7 cm³/mol. The minimum absolute atomic E-state index is 0.434. The molecule has 0 spiro atoms. The molecule has 0 aliphatic heterocycles. The monoisotopic (exact) mass is 106 g/mol. The molecule has 42 valence electrons. The van der Waals surface area contributed by atoms with Gasteiger partial charge in [-0.1, -0.05) is 0 Å². The Bertz CT molecular complexity index is 60.0. The highest BCUT2D eigenvalue weighted by atomic mass is 16.6. The summed E-state index contributed by atoms with van der Waals surface area (Å²) in [6.07, 6.45) is 0. The highest BCUT2D eigenvalue weighted by molar-refractivity contribution is 5.67. The summed E-state index contributed by atoms with van der Waals surface area (Å²) in [6, 6.07) is 0. The average molecular weight is 106 g/mol. The van der Waals surface area contributed by atoms with Gasteiger partial charge in [0.05, 0.1) is 0 Å². The lowest BCUT2D eigenvalue weighted by Gasteiger charge is -1.89. The second-order valence-electron chi connectivity index (χ2n) is 0.871. The predicted octanol–water partition coefficient (Wildman–Crippen LogP) is -0.963. The number of hydrogen-bond acceptors (Lipinski definition) is 3. The number of ether oxygens (including phenoxy) is 1. The van der Waals surface area contributed by atoms with Gasteiger partial charge >= 0.3 is 5.97 Å². The molecule has 0 bridgehead atoms. The van der Waals surface area contributed by atoms with E-state index in [9.17, 15) is 4.79 Å². The first-order valence-corrected chi connectivity index (χ1v) is 1.67. The summed E-state index contributed by atoms with van der Waals surface area (Å²) in [7, 11) is 0. The van der Waals surface area contributed by atoms with E-state index in [0.29, 0.717) is 0 Å². The van der Waals surface area contributed by atoms with Gasteiger partial charge in [-0.3, -0.25) is 0 Å². The van der Waals surface area contributed by atoms with Gasteiger partial charge in [-0.25, -0.2) is 4.79 Å². The molecule has 0 aromatic heterocycles. The van der Waals surface area contributed by atoms with E-state index < -0.39 is 19.4 Å². The zero-order valence-electron chi connectivity index (χ0n) is 3.63. The molecule has 0 saturated heterocycles. The molecule has 0 aromatic rings. The van der Waals surface area contributed by atoms with Crippen LogP contribution >= 0.6 is 0 Å². The van der Waals surface area contributed by atoms with Crippen molar-refractivity contribution >= 4 is 5.97 Å². The largest absolute Gasteiger partial charge is 0.480 e. The van der Waals surface area contributed by atoms with Crippen molar-refractivity contribution in [3.8, 4) is 0 Å². The summed E-state index contributed by atoms with van der Waals surface area (Å²) >= 11 is 0. The minimum Gasteiger partial charge on any atom is -0.480 e. The molecule has 0 aliphatic carbocycles. The quantitative estimate of drug-likeness (QED) is 0.454. The molecular weight excluding hydrogens is 100 g/mol. The van der Waals surface area contributed by atoms with Crippen LogP contribution in [0, 0.1) is 0 Å². The normalized spacial score (nSPS) is 8.71. The Morgan fingerprint density at radius 2 is 2.29 bits per heavy atom. The fraction of sp³-hybridized carbons (Fsp3) is 0.667. The van der Waals surface area contributed by atoms with Crippen molar-refractivity contribution in [2.45, 2.75) is 0 Å². The molecule has 0 rings (SSSR count). The van der Waals surface area contributed by atoms with Gasteiger partial charge in [0.25, 0.3) is 0 Å². The van der Waals surface area contributed by atoms with Crippen molar-refractivity contribution in [2.24, 2.45) is 0 Å². The molecule has 0 unspecified atom stereocenters. The number of carbonyl (C=O) groups is 1. The lowest BCUT2D eigenvalue weighted by molar-refractivity contribution is -0.145. The highest BCUT2D eigenvalue weighted by Crippen LogP contribution is 1.67. The van der Waals surface area contributed by atoms with Crippen molar-refractivity contribution in [3.05, 3.63) is 0 Å². The lowest BCUT2D eigenvalue weighted by atomic mass is 10.8. The van der Waals surface area contributed by atoms with E-state index in [2.05, 4.69) is 4.74 Å². The first-order valence-electron chi connectivity index (χ1n) is 1.67. The maximum Gasteiger partial charge on any atom is 0.329 e. The van der Waals surface area contributed by atoms with Gasteiger partial charge in [0.15, 0.2) is 0 Å². The van der Waals surface area contributed by atoms with E-state index in [4.69, 9.17) is 10.2 Å². The number of aliphatic hydroxyl groups excluding tert-OH is 1. The summed E-state index contributed by atoms with van der Waals surface area (Å²) in [6.45, 7) is -0.969. The molecule has 0 amide bonds. The molecule has 2 N–H and O–H groups in total. The lowest BCUT2D eigenvalue weighted by Crippen LogP contribution is -2.06. The number of rotatable bonds is 3. The van der Waals surface area contributed by atoms with Crippen LogP contribution in [0.2, 0.25) is 0 Å². The first-order chi connectivity index (χ1) is 3.27. The van der Waals surface area contributed by atoms with Gasteiger partial charge in [0, 0.05) is 0 Å². The van der Waals surface area contributed by atoms with Crippen LogP contribution < -0.4 is 0 Å². The van der Waals surface area contributed by atoms with Crippen LogP contribution in [0.1, 0.15) is 0 Å². The van der Waals surface area contributed by atoms with Gasteiger partial charge in [-0.2, -0.15) is 0 Å². The van der Waals surface area contributed by atoms with Gasteiger partial charge < -0.3 is 14.9 Å². The second-order valence-corrected chi connectivity index (χ2v) is 0.871. The zero-order chi connectivity index (χ0) is 5.70. The molecule has 0 aliphatic rings. The van der Waals surface area contributed by atoms with Crippen molar-refractivity contribution < 1.29 is 19.7 Å². The molecule has 4 heteroatoms. The smallest absolute Gasteiger partial charge is 0.329 e. The molecule has 0 radical (unpaired) electrons. The van der Waals surface area contributed by atoms with Crippen molar-refractivity contribution in [3.63, 3.8) is 0 Å².